The number of nitriles is 1. The van der Waals surface area contributed by atoms with Gasteiger partial charge >= 0.3 is 6.03 Å². The molecule has 24 heavy (non-hydrogen) atoms. The van der Waals surface area contributed by atoms with Crippen molar-refractivity contribution >= 4 is 6.03 Å². The smallest absolute Gasteiger partial charge is 0.317 e. The third-order valence-corrected chi connectivity index (χ3v) is 4.08. The number of urea groups is 1. The molecule has 6 heteroatoms. The van der Waals surface area contributed by atoms with E-state index in [0.717, 1.165) is 17.7 Å². The Morgan fingerprint density at radius 3 is 2.71 bits per heavy atom. The van der Waals surface area contributed by atoms with Gasteiger partial charge in [0, 0.05) is 18.7 Å². The largest absolute Gasteiger partial charge is 0.334 e. The standard InChI is InChI=1S/C18H15F2N3O/c19-16-4-5-17(20)15-11-23(7-6-14(15)16)18(24)22-10-13-3-1-2-12(8-13)9-21/h1-5,8H,6-7,10-11H2,(H,22,24). The fraction of sp³-hybridized carbons (Fsp3) is 0.222. The average molecular weight is 327 g/mol. The number of nitrogens with zero attached hydrogens (tertiary/aromatic N) is 2. The van der Waals surface area contributed by atoms with E-state index in [4.69, 9.17) is 5.26 Å². The molecular formula is C18H15F2N3O. The van der Waals surface area contributed by atoms with Crippen molar-refractivity contribution in [2.24, 2.45) is 0 Å². The van der Waals surface area contributed by atoms with E-state index >= 15 is 0 Å². The Kier molecular flexibility index (Phi) is 4.43. The molecule has 1 aliphatic heterocycles. The predicted octanol–water partition coefficient (Wildman–Crippen LogP) is 3.10. The second kappa shape index (κ2) is 6.67. The summed E-state index contributed by atoms with van der Waals surface area (Å²) in [5.74, 6) is -0.926. The summed E-state index contributed by atoms with van der Waals surface area (Å²) in [5, 5.41) is 11.6. The van der Waals surface area contributed by atoms with Crippen LogP contribution in [0, 0.1) is 23.0 Å². The van der Waals surface area contributed by atoms with Crippen molar-refractivity contribution < 1.29 is 13.6 Å². The maximum atomic E-state index is 13.9. The van der Waals surface area contributed by atoms with Gasteiger partial charge in [0.2, 0.25) is 0 Å². The van der Waals surface area contributed by atoms with Crippen LogP contribution in [0.15, 0.2) is 36.4 Å². The van der Waals surface area contributed by atoms with Crippen molar-refractivity contribution in [3.05, 3.63) is 70.3 Å². The maximum absolute atomic E-state index is 13.9. The van der Waals surface area contributed by atoms with Gasteiger partial charge in [-0.2, -0.15) is 5.26 Å². The Balaban J connectivity index is 1.66. The van der Waals surface area contributed by atoms with Gasteiger partial charge in [-0.25, -0.2) is 13.6 Å². The van der Waals surface area contributed by atoms with Crippen molar-refractivity contribution in [1.82, 2.24) is 10.2 Å². The van der Waals surface area contributed by atoms with Crippen molar-refractivity contribution in [3.8, 4) is 6.07 Å². The molecule has 1 N–H and O–H groups in total. The Morgan fingerprint density at radius 1 is 1.21 bits per heavy atom. The summed E-state index contributed by atoms with van der Waals surface area (Å²) in [6, 6.07) is 10.8. The van der Waals surface area contributed by atoms with E-state index in [1.807, 2.05) is 12.1 Å². The molecule has 0 spiro atoms. The van der Waals surface area contributed by atoms with Crippen LogP contribution in [0.5, 0.6) is 0 Å². The highest BCUT2D eigenvalue weighted by Crippen LogP contribution is 2.24. The fourth-order valence-corrected chi connectivity index (χ4v) is 2.81. The third-order valence-electron chi connectivity index (χ3n) is 4.08. The minimum atomic E-state index is -0.495. The highest BCUT2D eigenvalue weighted by Gasteiger charge is 2.25. The number of carbonyl (C=O) groups is 1. The summed E-state index contributed by atoms with van der Waals surface area (Å²) in [6.45, 7) is 0.643. The quantitative estimate of drug-likeness (QED) is 0.921. The third kappa shape index (κ3) is 3.20. The van der Waals surface area contributed by atoms with E-state index in [9.17, 15) is 13.6 Å². The molecule has 0 saturated carbocycles. The zero-order chi connectivity index (χ0) is 17.1. The van der Waals surface area contributed by atoms with E-state index in [2.05, 4.69) is 5.32 Å². The number of amides is 2. The zero-order valence-corrected chi connectivity index (χ0v) is 12.9. The number of halogens is 2. The summed E-state index contributed by atoms with van der Waals surface area (Å²) in [5.41, 5.74) is 1.91. The number of nitrogens with one attached hydrogen (secondary N) is 1. The molecule has 0 saturated heterocycles. The number of carbonyl (C=O) groups excluding carboxylic acids is 1. The molecule has 4 nitrogen and oxygen atoms in total. The SMILES string of the molecule is N#Cc1cccc(CNC(=O)N2CCc3c(F)ccc(F)c3C2)c1. The topological polar surface area (TPSA) is 56.1 Å². The summed E-state index contributed by atoms with van der Waals surface area (Å²) in [7, 11) is 0. The Hall–Kier alpha value is -2.94. The zero-order valence-electron chi connectivity index (χ0n) is 12.9. The first kappa shape index (κ1) is 15.9. The number of hydrogen-bond donors (Lipinski definition) is 1. The summed E-state index contributed by atoms with van der Waals surface area (Å²) >= 11 is 0. The molecule has 3 rings (SSSR count). The van der Waals surface area contributed by atoms with Crippen LogP contribution in [0.3, 0.4) is 0 Å². The maximum Gasteiger partial charge on any atom is 0.317 e. The monoisotopic (exact) mass is 327 g/mol. The van der Waals surface area contributed by atoms with Crippen molar-refractivity contribution in [3.63, 3.8) is 0 Å². The van der Waals surface area contributed by atoms with E-state index in [0.29, 0.717) is 17.7 Å². The number of benzene rings is 2. The molecule has 0 radical (unpaired) electrons. The highest BCUT2D eigenvalue weighted by atomic mass is 19.1. The highest BCUT2D eigenvalue weighted by molar-refractivity contribution is 5.74. The van der Waals surface area contributed by atoms with Crippen LogP contribution in [0.2, 0.25) is 0 Å². The molecule has 2 amide bonds. The molecule has 0 atom stereocenters. The van der Waals surface area contributed by atoms with Gasteiger partial charge < -0.3 is 10.2 Å². The van der Waals surface area contributed by atoms with Crippen LogP contribution in [-0.2, 0) is 19.5 Å². The lowest BCUT2D eigenvalue weighted by molar-refractivity contribution is 0.190. The normalized spacial score (nSPS) is 13.1. The molecule has 122 valence electrons. The molecule has 0 bridgehead atoms. The van der Waals surface area contributed by atoms with Gasteiger partial charge in [-0.1, -0.05) is 12.1 Å². The van der Waals surface area contributed by atoms with Gasteiger partial charge in [0.25, 0.3) is 0 Å². The predicted molar refractivity (Wildman–Crippen MR) is 83.9 cm³/mol. The lowest BCUT2D eigenvalue weighted by Gasteiger charge is -2.29. The van der Waals surface area contributed by atoms with Crippen molar-refractivity contribution in [2.45, 2.75) is 19.5 Å². The van der Waals surface area contributed by atoms with E-state index in [1.54, 1.807) is 18.2 Å². The first-order valence-corrected chi connectivity index (χ1v) is 7.56. The summed E-state index contributed by atoms with van der Waals surface area (Å²) in [4.78, 5) is 13.7. The average Bonchev–Trinajstić information content (AvgIpc) is 2.62. The Labute approximate surface area is 138 Å². The molecule has 0 fully saturated rings. The first-order valence-electron chi connectivity index (χ1n) is 7.56. The molecule has 1 heterocycles. The van der Waals surface area contributed by atoms with E-state index in [1.165, 1.54) is 4.90 Å². The number of rotatable bonds is 2. The van der Waals surface area contributed by atoms with Crippen LogP contribution in [-0.4, -0.2) is 17.5 Å². The van der Waals surface area contributed by atoms with Crippen LogP contribution >= 0.6 is 0 Å². The molecular weight excluding hydrogens is 312 g/mol. The molecule has 2 aromatic carbocycles. The van der Waals surface area contributed by atoms with Gasteiger partial charge in [-0.15, -0.1) is 0 Å². The minimum absolute atomic E-state index is 0.0446. The summed E-state index contributed by atoms with van der Waals surface area (Å²) < 4.78 is 27.6. The van der Waals surface area contributed by atoms with Gasteiger partial charge in [0.15, 0.2) is 0 Å². The number of hydrogen-bond acceptors (Lipinski definition) is 2. The molecule has 0 unspecified atom stereocenters. The second-order valence-corrected chi connectivity index (χ2v) is 5.63. The molecule has 0 aliphatic carbocycles. The van der Waals surface area contributed by atoms with Gasteiger partial charge in [0.05, 0.1) is 18.2 Å². The molecule has 1 aliphatic rings. The summed E-state index contributed by atoms with van der Waals surface area (Å²) in [6.07, 6.45) is 0.288. The van der Waals surface area contributed by atoms with Crippen LogP contribution < -0.4 is 5.32 Å². The molecule has 2 aromatic rings. The van der Waals surface area contributed by atoms with Crippen molar-refractivity contribution in [2.75, 3.05) is 6.54 Å². The van der Waals surface area contributed by atoms with Crippen molar-refractivity contribution in [1.29, 1.82) is 5.26 Å². The molecule has 0 aromatic heterocycles. The Bertz CT molecular complexity index is 829. The fourth-order valence-electron chi connectivity index (χ4n) is 2.81. The lowest BCUT2D eigenvalue weighted by Crippen LogP contribution is -2.43. The second-order valence-electron chi connectivity index (χ2n) is 5.63. The number of fused-ring (bicyclic) bond motifs is 1. The van der Waals surface area contributed by atoms with E-state index in [-0.39, 0.29) is 31.1 Å². The Morgan fingerprint density at radius 2 is 1.96 bits per heavy atom. The first-order chi connectivity index (χ1) is 11.6. The van der Waals surface area contributed by atoms with E-state index < -0.39 is 11.6 Å². The van der Waals surface area contributed by atoms with Crippen LogP contribution in [0.1, 0.15) is 22.3 Å². The van der Waals surface area contributed by atoms with Crippen LogP contribution in [0.25, 0.3) is 0 Å². The lowest BCUT2D eigenvalue weighted by atomic mass is 9.99. The van der Waals surface area contributed by atoms with Gasteiger partial charge in [-0.05, 0) is 41.8 Å². The van der Waals surface area contributed by atoms with Gasteiger partial charge in [0.1, 0.15) is 11.6 Å². The van der Waals surface area contributed by atoms with Crippen LogP contribution in [0.4, 0.5) is 13.6 Å². The van der Waals surface area contributed by atoms with Gasteiger partial charge in [-0.3, -0.25) is 0 Å². The minimum Gasteiger partial charge on any atom is -0.334 e.